The average molecular weight is 517 g/mol. The molecule has 1 atom stereocenters. The molecule has 1 aliphatic rings. The molecule has 0 saturated carbocycles. The Morgan fingerprint density at radius 3 is 1.92 bits per heavy atom. The number of benzene rings is 3. The molecule has 1 heterocycles. The first kappa shape index (κ1) is 26.6. The molecule has 8 nitrogen and oxygen atoms in total. The molecule has 4 rings (SSSR count). The van der Waals surface area contributed by atoms with E-state index in [2.05, 4.69) is 18.7 Å². The number of carbonyl (C=O) groups excluding carboxylic acids is 2. The molecule has 1 fully saturated rings. The number of carbonyl (C=O) groups is 2. The van der Waals surface area contributed by atoms with Gasteiger partial charge in [0.25, 0.3) is 11.7 Å². The van der Waals surface area contributed by atoms with Crippen molar-refractivity contribution in [1.82, 2.24) is 0 Å². The Labute approximate surface area is 222 Å². The highest BCUT2D eigenvalue weighted by Gasteiger charge is 2.48. The number of methoxy groups -OCH3 is 3. The number of Topliss-reactive ketones (excluding diaryl/α,β-unsaturated/α-hetero) is 1. The van der Waals surface area contributed by atoms with Crippen LogP contribution in [0.25, 0.3) is 5.76 Å². The van der Waals surface area contributed by atoms with E-state index in [1.54, 1.807) is 42.5 Å². The van der Waals surface area contributed by atoms with E-state index in [0.29, 0.717) is 28.5 Å². The second-order valence-electron chi connectivity index (χ2n) is 8.64. The summed E-state index contributed by atoms with van der Waals surface area (Å²) in [7, 11) is 4.42. The molecule has 1 amide bonds. The summed E-state index contributed by atoms with van der Waals surface area (Å²) < 4.78 is 16.5. The number of aliphatic hydroxyl groups excluding tert-OH is 1. The summed E-state index contributed by atoms with van der Waals surface area (Å²) in [5.74, 6) is -0.939. The van der Waals surface area contributed by atoms with Crippen LogP contribution in [0.1, 0.15) is 31.0 Å². The third-order valence-electron chi connectivity index (χ3n) is 6.79. The SMILES string of the molecule is CCN(CC)c1ccc(C2/C(=C(\O)c3c(OC)cccc3OC)C(=O)C(=O)N2c2ccccc2OC)cc1. The lowest BCUT2D eigenvalue weighted by Crippen LogP contribution is -2.30. The van der Waals surface area contributed by atoms with Crippen molar-refractivity contribution in [2.75, 3.05) is 44.2 Å². The summed E-state index contributed by atoms with van der Waals surface area (Å²) in [4.78, 5) is 30.8. The van der Waals surface area contributed by atoms with Gasteiger partial charge < -0.3 is 24.2 Å². The van der Waals surface area contributed by atoms with E-state index in [4.69, 9.17) is 14.2 Å². The highest BCUT2D eigenvalue weighted by Crippen LogP contribution is 2.47. The third-order valence-corrected chi connectivity index (χ3v) is 6.79. The lowest BCUT2D eigenvalue weighted by Gasteiger charge is -2.28. The third kappa shape index (κ3) is 4.53. The van der Waals surface area contributed by atoms with Crippen molar-refractivity contribution in [3.05, 3.63) is 83.4 Å². The minimum absolute atomic E-state index is 0.0701. The van der Waals surface area contributed by atoms with Crippen molar-refractivity contribution >= 4 is 28.8 Å². The number of anilines is 2. The van der Waals surface area contributed by atoms with E-state index in [0.717, 1.165) is 18.8 Å². The van der Waals surface area contributed by atoms with E-state index in [1.807, 2.05) is 24.3 Å². The predicted molar refractivity (Wildman–Crippen MR) is 147 cm³/mol. The van der Waals surface area contributed by atoms with Gasteiger partial charge in [-0.05, 0) is 55.8 Å². The summed E-state index contributed by atoms with van der Waals surface area (Å²) in [6.45, 7) is 5.83. The summed E-state index contributed by atoms with van der Waals surface area (Å²) in [5, 5.41) is 11.7. The van der Waals surface area contributed by atoms with Crippen molar-refractivity contribution in [1.29, 1.82) is 0 Å². The smallest absolute Gasteiger partial charge is 0.300 e. The van der Waals surface area contributed by atoms with Crippen LogP contribution in [0.2, 0.25) is 0 Å². The van der Waals surface area contributed by atoms with Crippen LogP contribution in [-0.2, 0) is 9.59 Å². The minimum Gasteiger partial charge on any atom is -0.506 e. The van der Waals surface area contributed by atoms with Gasteiger partial charge in [0.2, 0.25) is 0 Å². The topological polar surface area (TPSA) is 88.5 Å². The zero-order chi connectivity index (χ0) is 27.4. The Morgan fingerprint density at radius 1 is 0.816 bits per heavy atom. The normalized spacial score (nSPS) is 16.4. The summed E-state index contributed by atoms with van der Waals surface area (Å²) in [5.41, 5.74) is 2.21. The van der Waals surface area contributed by atoms with Gasteiger partial charge in [-0.1, -0.05) is 30.3 Å². The van der Waals surface area contributed by atoms with Crippen LogP contribution in [0, 0.1) is 0 Å². The maximum Gasteiger partial charge on any atom is 0.300 e. The fourth-order valence-electron chi connectivity index (χ4n) is 4.90. The molecule has 1 saturated heterocycles. The molecule has 1 N–H and O–H groups in total. The fraction of sp³-hybridized carbons (Fsp3) is 0.267. The summed E-state index contributed by atoms with van der Waals surface area (Å²) in [6.07, 6.45) is 0. The maximum absolute atomic E-state index is 13.6. The number of para-hydroxylation sites is 2. The van der Waals surface area contributed by atoms with Crippen molar-refractivity contribution in [3.63, 3.8) is 0 Å². The van der Waals surface area contributed by atoms with Gasteiger partial charge in [-0.2, -0.15) is 0 Å². The van der Waals surface area contributed by atoms with Crippen LogP contribution >= 0.6 is 0 Å². The first-order valence-electron chi connectivity index (χ1n) is 12.4. The van der Waals surface area contributed by atoms with E-state index < -0.39 is 17.7 Å². The minimum atomic E-state index is -0.924. The zero-order valence-corrected chi connectivity index (χ0v) is 22.2. The number of ether oxygens (including phenoxy) is 3. The lowest BCUT2D eigenvalue weighted by atomic mass is 9.94. The van der Waals surface area contributed by atoms with Gasteiger partial charge in [0, 0.05) is 18.8 Å². The summed E-state index contributed by atoms with van der Waals surface area (Å²) in [6, 6.07) is 18.7. The number of hydrogen-bond acceptors (Lipinski definition) is 7. The summed E-state index contributed by atoms with van der Waals surface area (Å²) >= 11 is 0. The Kier molecular flexibility index (Phi) is 7.90. The molecular weight excluding hydrogens is 484 g/mol. The van der Waals surface area contributed by atoms with E-state index >= 15 is 0 Å². The molecule has 1 unspecified atom stereocenters. The molecule has 8 heteroatoms. The first-order chi connectivity index (χ1) is 18.4. The monoisotopic (exact) mass is 516 g/mol. The van der Waals surface area contributed by atoms with Gasteiger partial charge in [0.1, 0.15) is 28.6 Å². The fourth-order valence-corrected chi connectivity index (χ4v) is 4.90. The molecule has 1 aliphatic heterocycles. The quantitative estimate of drug-likeness (QED) is 0.238. The number of hydrogen-bond donors (Lipinski definition) is 1. The molecule has 3 aromatic carbocycles. The van der Waals surface area contributed by atoms with Crippen LogP contribution in [0.5, 0.6) is 17.2 Å². The highest BCUT2D eigenvalue weighted by atomic mass is 16.5. The van der Waals surface area contributed by atoms with Crippen molar-refractivity contribution in [3.8, 4) is 17.2 Å². The van der Waals surface area contributed by atoms with Gasteiger partial charge in [-0.15, -0.1) is 0 Å². The van der Waals surface area contributed by atoms with Gasteiger partial charge in [0.05, 0.1) is 38.6 Å². The standard InChI is InChI=1S/C30H32N2O6/c1-6-31(7-2)20-17-15-19(16-18-20)27-26(28(33)25-23(37-4)13-10-14-24(25)38-5)29(34)30(35)32(27)21-11-8-9-12-22(21)36-3/h8-18,27,33H,6-7H2,1-5H3/b28-26+. The van der Waals surface area contributed by atoms with Crippen molar-refractivity contribution < 1.29 is 28.9 Å². The second-order valence-corrected chi connectivity index (χ2v) is 8.64. The van der Waals surface area contributed by atoms with Gasteiger partial charge in [-0.3, -0.25) is 14.5 Å². The first-order valence-corrected chi connectivity index (χ1v) is 12.4. The van der Waals surface area contributed by atoms with Crippen LogP contribution < -0.4 is 24.0 Å². The Morgan fingerprint density at radius 2 is 1.37 bits per heavy atom. The van der Waals surface area contributed by atoms with Gasteiger partial charge in [-0.25, -0.2) is 0 Å². The highest BCUT2D eigenvalue weighted by molar-refractivity contribution is 6.52. The molecule has 0 bridgehead atoms. The molecule has 0 spiro atoms. The Bertz CT molecular complexity index is 1340. The Balaban J connectivity index is 1.99. The number of nitrogens with zero attached hydrogens (tertiary/aromatic N) is 2. The molecule has 0 radical (unpaired) electrons. The number of aliphatic hydroxyl groups is 1. The zero-order valence-electron chi connectivity index (χ0n) is 22.2. The van der Waals surface area contributed by atoms with E-state index in [9.17, 15) is 14.7 Å². The number of ketones is 1. The molecule has 38 heavy (non-hydrogen) atoms. The van der Waals surface area contributed by atoms with E-state index in [-0.39, 0.29) is 16.9 Å². The molecule has 3 aromatic rings. The average Bonchev–Trinajstić information content (AvgIpc) is 3.22. The lowest BCUT2D eigenvalue weighted by molar-refractivity contribution is -0.132. The van der Waals surface area contributed by atoms with Crippen LogP contribution in [0.15, 0.2) is 72.3 Å². The molecule has 0 aromatic heterocycles. The maximum atomic E-state index is 13.6. The number of rotatable bonds is 9. The molecular formula is C30H32N2O6. The van der Waals surface area contributed by atoms with Crippen LogP contribution in [0.3, 0.4) is 0 Å². The van der Waals surface area contributed by atoms with E-state index in [1.165, 1.54) is 26.2 Å². The number of amides is 1. The Hall–Kier alpha value is -4.46. The van der Waals surface area contributed by atoms with Gasteiger partial charge >= 0.3 is 0 Å². The van der Waals surface area contributed by atoms with Crippen LogP contribution in [0.4, 0.5) is 11.4 Å². The molecule has 0 aliphatic carbocycles. The van der Waals surface area contributed by atoms with Crippen LogP contribution in [-0.4, -0.2) is 51.2 Å². The predicted octanol–water partition coefficient (Wildman–Crippen LogP) is 5.18. The van der Waals surface area contributed by atoms with Crippen molar-refractivity contribution in [2.24, 2.45) is 0 Å². The van der Waals surface area contributed by atoms with Gasteiger partial charge in [0.15, 0.2) is 0 Å². The van der Waals surface area contributed by atoms with Crippen molar-refractivity contribution in [2.45, 2.75) is 19.9 Å². The largest absolute Gasteiger partial charge is 0.506 e. The molecule has 198 valence electrons. The second kappa shape index (κ2) is 11.3.